The number of halogens is 5. The summed E-state index contributed by atoms with van der Waals surface area (Å²) >= 11 is 32.8. The molecule has 15 heteroatoms. The van der Waals surface area contributed by atoms with E-state index in [2.05, 4.69) is 40.1 Å². The average molecular weight is 711 g/mol. The molecule has 6 rings (SSSR count). The van der Waals surface area contributed by atoms with Crippen molar-refractivity contribution in [3.8, 4) is 0 Å². The number of pyridine rings is 2. The van der Waals surface area contributed by atoms with Crippen LogP contribution >= 0.6 is 81.5 Å². The summed E-state index contributed by atoms with van der Waals surface area (Å²) in [6.07, 6.45) is 11.7. The molecule has 8 nitrogen and oxygen atoms in total. The Morgan fingerprint density at radius 1 is 0.619 bits per heavy atom. The van der Waals surface area contributed by atoms with Crippen LogP contribution in [0, 0.1) is 0 Å². The van der Waals surface area contributed by atoms with Crippen molar-refractivity contribution in [2.24, 2.45) is 0 Å². The van der Waals surface area contributed by atoms with E-state index < -0.39 is 0 Å². The van der Waals surface area contributed by atoms with Gasteiger partial charge in [0.1, 0.15) is 32.3 Å². The first-order valence-electron chi connectivity index (χ1n) is 13.1. The van der Waals surface area contributed by atoms with Crippen molar-refractivity contribution >= 4 is 109 Å². The Morgan fingerprint density at radius 2 is 1.12 bits per heavy atom. The number of hydrogen-bond acceptors (Lipinski definition) is 10. The topological polar surface area (TPSA) is 92.6 Å². The first kappa shape index (κ1) is 35.4. The van der Waals surface area contributed by atoms with Gasteiger partial charge in [-0.3, -0.25) is 0 Å². The van der Waals surface area contributed by atoms with E-state index in [1.54, 1.807) is 12.1 Å². The molecule has 0 radical (unpaired) electrons. The van der Waals surface area contributed by atoms with Crippen molar-refractivity contribution in [2.75, 3.05) is 43.6 Å². The lowest BCUT2D eigenvalue weighted by molar-refractivity contribution is 0.520. The third-order valence-corrected chi connectivity index (χ3v) is 8.64. The second-order valence-electron chi connectivity index (χ2n) is 9.16. The molecule has 2 aliphatic rings. The van der Waals surface area contributed by atoms with Gasteiger partial charge in [0.2, 0.25) is 0 Å². The zero-order chi connectivity index (χ0) is 29.4. The van der Waals surface area contributed by atoms with Crippen LogP contribution in [0.5, 0.6) is 0 Å². The fourth-order valence-corrected chi connectivity index (χ4v) is 6.31. The number of rotatable bonds is 3. The Balaban J connectivity index is 0.000000194. The molecule has 2 aliphatic heterocycles. The minimum absolute atomic E-state index is 0. The minimum atomic E-state index is 0. The summed E-state index contributed by atoms with van der Waals surface area (Å²) in [5, 5.41) is 7.59. The molecule has 0 amide bonds. The monoisotopic (exact) mass is 708 g/mol. The minimum Gasteiger partial charge on any atom is -0.356 e. The quantitative estimate of drug-likeness (QED) is 0.0961. The Morgan fingerprint density at radius 3 is 1.62 bits per heavy atom. The van der Waals surface area contributed by atoms with Gasteiger partial charge in [-0.15, -0.1) is 0 Å². The number of anilines is 1. The number of aromatic nitrogens is 6. The number of fused-ring (bicyclic) bond motifs is 2. The fraction of sp³-hybridized carbons (Fsp3) is 0.481. The summed E-state index contributed by atoms with van der Waals surface area (Å²) < 4.78 is 0. The molecule has 6 heterocycles. The molecule has 1 N–H and O–H groups in total. The van der Waals surface area contributed by atoms with Crippen molar-refractivity contribution in [1.82, 2.24) is 35.2 Å². The summed E-state index contributed by atoms with van der Waals surface area (Å²) in [7, 11) is 0. The van der Waals surface area contributed by atoms with Crippen LogP contribution in [-0.4, -0.2) is 68.6 Å². The van der Waals surface area contributed by atoms with E-state index in [9.17, 15) is 0 Å². The molecule has 0 bridgehead atoms. The van der Waals surface area contributed by atoms with E-state index in [-0.39, 0.29) is 17.7 Å². The normalized spacial score (nSPS) is 14.9. The molecule has 2 saturated heterocycles. The van der Waals surface area contributed by atoms with Crippen LogP contribution < -0.4 is 10.2 Å². The summed E-state index contributed by atoms with van der Waals surface area (Å²) in [4.78, 5) is 27.7. The number of hydrogen-bond donors (Lipinski definition) is 1. The lowest BCUT2D eigenvalue weighted by Crippen LogP contribution is -2.30. The van der Waals surface area contributed by atoms with Crippen molar-refractivity contribution in [1.29, 1.82) is 0 Å². The SMILES string of the molecule is C.C1CCNCC1.CSc1nc(Cl)c2cc(Cl)nc(Cl)c2n1.CSc1nc(N2CCCCC2)c2cc(Cl)nc(Cl)c2n1. The van der Waals surface area contributed by atoms with Crippen LogP contribution in [0.25, 0.3) is 21.8 Å². The Labute approximate surface area is 280 Å². The molecule has 0 spiro atoms. The van der Waals surface area contributed by atoms with Gasteiger partial charge in [0.05, 0.1) is 0 Å². The van der Waals surface area contributed by atoms with Gasteiger partial charge in [0.15, 0.2) is 20.6 Å². The van der Waals surface area contributed by atoms with Crippen molar-refractivity contribution in [3.63, 3.8) is 0 Å². The molecule has 4 aromatic heterocycles. The first-order valence-corrected chi connectivity index (χ1v) is 17.4. The highest BCUT2D eigenvalue weighted by Crippen LogP contribution is 2.33. The fourth-order valence-electron chi connectivity index (χ4n) is 4.36. The van der Waals surface area contributed by atoms with Crippen molar-refractivity contribution in [2.45, 2.75) is 56.3 Å². The Bertz CT molecular complexity index is 1480. The van der Waals surface area contributed by atoms with Gasteiger partial charge in [-0.2, -0.15) is 0 Å². The molecule has 4 aromatic rings. The van der Waals surface area contributed by atoms with Crippen LogP contribution in [0.2, 0.25) is 25.8 Å². The third-order valence-electron chi connectivity index (χ3n) is 6.34. The first-order chi connectivity index (χ1) is 19.8. The van der Waals surface area contributed by atoms with Gasteiger partial charge in [-0.05, 0) is 69.8 Å². The highest BCUT2D eigenvalue weighted by atomic mass is 35.5. The molecule has 42 heavy (non-hydrogen) atoms. The van der Waals surface area contributed by atoms with Crippen molar-refractivity contribution < 1.29 is 0 Å². The third kappa shape index (κ3) is 9.44. The highest BCUT2D eigenvalue weighted by Gasteiger charge is 2.19. The molecule has 0 unspecified atom stereocenters. The van der Waals surface area contributed by atoms with E-state index in [0.29, 0.717) is 42.2 Å². The maximum Gasteiger partial charge on any atom is 0.189 e. The standard InChI is InChI=1S/C13H14Cl2N4S.C8H4Cl3N3S.C5H11N.CH4/c1-20-13-17-10-8(7-9(14)16-11(10)15)12(18-13)19-5-3-2-4-6-19;1-15-8-13-5-3(6(10)14-8)2-4(9)12-7(5)11;1-2-4-6-5-3-1;/h7H,2-6H2,1H3;2H,1H3;6H,1-5H2;1H4. The number of thioether (sulfide) groups is 2. The molecule has 2 fully saturated rings. The van der Waals surface area contributed by atoms with Crippen LogP contribution in [0.3, 0.4) is 0 Å². The Hall–Kier alpha value is -1.11. The molecule has 0 aliphatic carbocycles. The number of nitrogens with zero attached hydrogens (tertiary/aromatic N) is 7. The predicted molar refractivity (Wildman–Crippen MR) is 183 cm³/mol. The van der Waals surface area contributed by atoms with Gasteiger partial charge in [-0.25, -0.2) is 29.9 Å². The maximum atomic E-state index is 6.19. The van der Waals surface area contributed by atoms with Crippen LogP contribution in [-0.2, 0) is 0 Å². The largest absolute Gasteiger partial charge is 0.356 e. The molecular formula is C27H33Cl5N8S2. The van der Waals surface area contributed by atoms with Gasteiger partial charge >= 0.3 is 0 Å². The summed E-state index contributed by atoms with van der Waals surface area (Å²) in [6.45, 7) is 4.52. The second-order valence-corrected chi connectivity index (χ2v) is 12.6. The van der Waals surface area contributed by atoms with Gasteiger partial charge in [0.25, 0.3) is 0 Å². The van der Waals surface area contributed by atoms with Crippen LogP contribution in [0.1, 0.15) is 46.0 Å². The van der Waals surface area contributed by atoms with E-state index in [0.717, 1.165) is 24.3 Å². The van der Waals surface area contributed by atoms with E-state index >= 15 is 0 Å². The van der Waals surface area contributed by atoms with E-state index in [4.69, 9.17) is 58.0 Å². The molecular weight excluding hydrogens is 678 g/mol. The van der Waals surface area contributed by atoms with Crippen LogP contribution in [0.4, 0.5) is 5.82 Å². The summed E-state index contributed by atoms with van der Waals surface area (Å²) in [6, 6.07) is 3.39. The lowest BCUT2D eigenvalue weighted by Gasteiger charge is -2.28. The zero-order valence-corrected chi connectivity index (χ0v) is 28.0. The number of piperidine rings is 2. The summed E-state index contributed by atoms with van der Waals surface area (Å²) in [5.74, 6) is 0.922. The predicted octanol–water partition coefficient (Wildman–Crippen LogP) is 9.15. The molecule has 0 aromatic carbocycles. The zero-order valence-electron chi connectivity index (χ0n) is 22.6. The summed E-state index contributed by atoms with van der Waals surface area (Å²) in [5.41, 5.74) is 1.20. The van der Waals surface area contributed by atoms with Gasteiger partial charge in [0, 0.05) is 23.9 Å². The van der Waals surface area contributed by atoms with Gasteiger partial charge < -0.3 is 10.2 Å². The molecule has 228 valence electrons. The van der Waals surface area contributed by atoms with E-state index in [1.807, 2.05) is 12.5 Å². The van der Waals surface area contributed by atoms with Crippen LogP contribution in [0.15, 0.2) is 22.4 Å². The molecule has 0 saturated carbocycles. The lowest BCUT2D eigenvalue weighted by atomic mass is 10.1. The van der Waals surface area contributed by atoms with Crippen molar-refractivity contribution in [3.05, 3.63) is 37.9 Å². The molecule has 0 atom stereocenters. The maximum absolute atomic E-state index is 6.19. The average Bonchev–Trinajstić information content (AvgIpc) is 2.99. The van der Waals surface area contributed by atoms with E-state index in [1.165, 1.54) is 75.1 Å². The highest BCUT2D eigenvalue weighted by molar-refractivity contribution is 7.98. The smallest absolute Gasteiger partial charge is 0.189 e. The Kier molecular flexibility index (Phi) is 14.7. The second kappa shape index (κ2) is 17.4. The number of nitrogens with one attached hydrogen (secondary N) is 1. The van der Waals surface area contributed by atoms with Gasteiger partial charge in [-0.1, -0.05) is 95.4 Å².